The number of rotatable bonds is 9. The predicted molar refractivity (Wildman–Crippen MR) is 297 cm³/mol. The van der Waals surface area contributed by atoms with Crippen molar-refractivity contribution in [1.82, 2.24) is 14.5 Å². The Bertz CT molecular complexity index is 3740. The van der Waals surface area contributed by atoms with E-state index in [4.69, 9.17) is 9.97 Å². The smallest absolute Gasteiger partial charge is 0.184 e. The second-order valence-corrected chi connectivity index (χ2v) is 25.6. The van der Waals surface area contributed by atoms with Gasteiger partial charge >= 0.3 is 0 Å². The molecule has 0 saturated heterocycles. The summed E-state index contributed by atoms with van der Waals surface area (Å²) in [5.74, 6) is 0.871. The molecule has 1 aliphatic heterocycles. The molecule has 0 fully saturated rings. The average molecular weight is 927 g/mol. The van der Waals surface area contributed by atoms with Crippen LogP contribution in [0.2, 0.25) is 0 Å². The van der Waals surface area contributed by atoms with Gasteiger partial charge in [-0.3, -0.25) is 9.55 Å². The van der Waals surface area contributed by atoms with E-state index in [0.29, 0.717) is 0 Å². The minimum Gasteiger partial charge on any atom is -0.309 e. The monoisotopic (exact) mass is 926 g/mol. The van der Waals surface area contributed by atoms with Gasteiger partial charge in [-0.05, 0) is 90.0 Å². The Kier molecular flexibility index (Phi) is 10.2. The van der Waals surface area contributed by atoms with Gasteiger partial charge in [0.05, 0.1) is 22.4 Å². The van der Waals surface area contributed by atoms with Gasteiger partial charge in [0.1, 0.15) is 5.82 Å². The minimum absolute atomic E-state index is 0.871. The predicted octanol–water partition coefficient (Wildman–Crippen LogP) is 9.78. The zero-order valence-electron chi connectivity index (χ0n) is 38.3. The summed E-state index contributed by atoms with van der Waals surface area (Å²) < 4.78 is 2.48. The van der Waals surface area contributed by atoms with E-state index in [1.807, 2.05) is 24.5 Å². The second-order valence-electron chi connectivity index (χ2n) is 18.1. The molecule has 0 saturated carbocycles. The molecular weight excluding hydrogens is 881 g/mol. The Hall–Kier alpha value is -8.69. The Morgan fingerprint density at radius 2 is 0.943 bits per heavy atom. The topological polar surface area (TPSA) is 34.0 Å². The molecule has 4 nitrogen and oxygen atoms in total. The number of para-hydroxylation sites is 2. The zero-order valence-corrected chi connectivity index (χ0v) is 40.3. The van der Waals surface area contributed by atoms with Crippen molar-refractivity contribution in [2.45, 2.75) is 0 Å². The maximum Gasteiger partial charge on any atom is 0.184 e. The molecule has 12 aromatic rings. The van der Waals surface area contributed by atoms with Crippen LogP contribution in [0, 0.1) is 0 Å². The van der Waals surface area contributed by atoms with Crippen LogP contribution in [0.4, 0.5) is 17.1 Å². The lowest BCUT2D eigenvalue weighted by atomic mass is 10.1. The van der Waals surface area contributed by atoms with Crippen LogP contribution in [0.25, 0.3) is 38.9 Å². The van der Waals surface area contributed by atoms with E-state index >= 15 is 0 Å². The Morgan fingerprint density at radius 1 is 0.386 bits per heavy atom. The summed E-state index contributed by atoms with van der Waals surface area (Å²) >= 11 is 0. The third-order valence-corrected chi connectivity index (χ3v) is 24.1. The largest absolute Gasteiger partial charge is 0.309 e. The summed E-state index contributed by atoms with van der Waals surface area (Å²) in [5, 5.41) is 12.9. The lowest BCUT2D eigenvalue weighted by molar-refractivity contribution is 1.08. The van der Waals surface area contributed by atoms with Crippen molar-refractivity contribution in [3.05, 3.63) is 279 Å². The molecule has 13 rings (SSSR count). The summed E-state index contributed by atoms with van der Waals surface area (Å²) in [6.45, 7) is 0. The van der Waals surface area contributed by atoms with Gasteiger partial charge in [-0.1, -0.05) is 218 Å². The molecule has 0 radical (unpaired) electrons. The van der Waals surface area contributed by atoms with Crippen LogP contribution in [0.1, 0.15) is 0 Å². The molecule has 330 valence electrons. The number of benzene rings is 9. The van der Waals surface area contributed by atoms with E-state index in [1.165, 1.54) is 63.6 Å². The fourth-order valence-electron chi connectivity index (χ4n) is 11.7. The molecule has 0 bridgehead atoms. The van der Waals surface area contributed by atoms with Crippen LogP contribution in [-0.2, 0) is 0 Å². The first-order chi connectivity index (χ1) is 34.8. The van der Waals surface area contributed by atoms with Crippen molar-refractivity contribution in [3.63, 3.8) is 0 Å². The average Bonchev–Trinajstić information content (AvgIpc) is 3.78. The molecule has 70 heavy (non-hydrogen) atoms. The molecule has 1 aliphatic rings. The minimum atomic E-state index is -3.07. The number of fused-ring (bicyclic) bond motifs is 6. The van der Waals surface area contributed by atoms with Crippen LogP contribution in [0.15, 0.2) is 279 Å². The highest BCUT2D eigenvalue weighted by Crippen LogP contribution is 2.45. The van der Waals surface area contributed by atoms with Gasteiger partial charge < -0.3 is 4.90 Å². The van der Waals surface area contributed by atoms with E-state index in [-0.39, 0.29) is 0 Å². The summed E-state index contributed by atoms with van der Waals surface area (Å²) in [6, 6.07) is 99.0. The van der Waals surface area contributed by atoms with E-state index in [1.54, 1.807) is 0 Å². The number of anilines is 3. The molecule has 0 aliphatic carbocycles. The second kappa shape index (κ2) is 17.1. The van der Waals surface area contributed by atoms with E-state index in [2.05, 4.69) is 264 Å². The van der Waals surface area contributed by atoms with Crippen molar-refractivity contribution >= 4 is 96.5 Å². The van der Waals surface area contributed by atoms with E-state index in [9.17, 15) is 0 Å². The highest BCUT2D eigenvalue weighted by Gasteiger charge is 2.50. The van der Waals surface area contributed by atoms with Crippen molar-refractivity contribution in [2.75, 3.05) is 4.90 Å². The Balaban J connectivity index is 1.20. The summed E-state index contributed by atoms with van der Waals surface area (Å²) in [6.07, 6.45) is 3.81. The number of pyridine rings is 2. The maximum atomic E-state index is 5.24. The molecule has 9 aromatic carbocycles. The Morgan fingerprint density at radius 3 is 1.59 bits per heavy atom. The summed E-state index contributed by atoms with van der Waals surface area (Å²) in [5.41, 5.74) is 7.79. The number of hydrogen-bond donors (Lipinski definition) is 0. The van der Waals surface area contributed by atoms with Gasteiger partial charge in [0.2, 0.25) is 0 Å². The van der Waals surface area contributed by atoms with Crippen LogP contribution >= 0.6 is 0 Å². The van der Waals surface area contributed by atoms with Crippen molar-refractivity contribution in [1.29, 1.82) is 0 Å². The SMILES string of the molecule is c1ccc(N2c3ccccc3[Si](c3ccccc3)(c3ccccc3)c3ccc4c5ccc([Si](c6ccccc6)(c6ccccc6)c6cccc(-c7ccccn7)c6)cc5n(-c5ccccn5)c4c32)cc1. The van der Waals surface area contributed by atoms with Crippen LogP contribution in [0.5, 0.6) is 0 Å². The molecule has 0 unspecified atom stereocenters. The number of hydrogen-bond acceptors (Lipinski definition) is 3. The number of aromatic nitrogens is 3. The lowest BCUT2D eigenvalue weighted by Crippen LogP contribution is -2.77. The van der Waals surface area contributed by atoms with Crippen LogP contribution < -0.4 is 46.4 Å². The lowest BCUT2D eigenvalue weighted by Gasteiger charge is -2.45. The molecule has 0 N–H and O–H groups in total. The fourth-order valence-corrected chi connectivity index (χ4v) is 21.5. The first-order valence-corrected chi connectivity index (χ1v) is 28.0. The third-order valence-electron chi connectivity index (χ3n) is 14.5. The first kappa shape index (κ1) is 41.5. The van der Waals surface area contributed by atoms with Gasteiger partial charge in [-0.2, -0.15) is 0 Å². The fraction of sp³-hybridized carbons (Fsp3) is 0. The van der Waals surface area contributed by atoms with Crippen LogP contribution in [0.3, 0.4) is 0 Å². The van der Waals surface area contributed by atoms with E-state index in [0.717, 1.165) is 33.8 Å². The van der Waals surface area contributed by atoms with Crippen molar-refractivity contribution in [3.8, 4) is 17.1 Å². The standard InChI is InChI=1S/C64H46N4Si2/c1-6-24-48(25-7-1)67-58-36-16-17-37-60(58)70(51-30-12-4-13-31-51,52-32-14-5-15-33-52)61-42-41-56-55-40-39-54(46-59(55)68(63(56)64(61)67)62-38-19-21-44-66-62)69(49-26-8-2-9-27-49,50-28-10-3-11-29-50)53-34-22-23-47(45-53)57-35-18-20-43-65-57/h1-46H. The molecule has 6 heteroatoms. The quantitative estimate of drug-likeness (QED) is 0.107. The summed E-state index contributed by atoms with van der Waals surface area (Å²) in [7, 11) is -6.09. The van der Waals surface area contributed by atoms with Crippen LogP contribution in [-0.4, -0.2) is 30.7 Å². The molecule has 0 spiro atoms. The Labute approximate surface area is 410 Å². The first-order valence-electron chi connectivity index (χ1n) is 24.0. The van der Waals surface area contributed by atoms with Gasteiger partial charge in [0.15, 0.2) is 16.1 Å². The highest BCUT2D eigenvalue weighted by molar-refractivity contribution is 7.21. The van der Waals surface area contributed by atoms with Crippen molar-refractivity contribution < 1.29 is 0 Å². The van der Waals surface area contributed by atoms with Gasteiger partial charge in [-0.25, -0.2) is 4.98 Å². The van der Waals surface area contributed by atoms with Gasteiger partial charge in [-0.15, -0.1) is 0 Å². The maximum absolute atomic E-state index is 5.24. The molecule has 4 heterocycles. The molecule has 0 amide bonds. The van der Waals surface area contributed by atoms with E-state index < -0.39 is 16.1 Å². The summed E-state index contributed by atoms with van der Waals surface area (Å²) in [4.78, 5) is 12.6. The molecule has 3 aromatic heterocycles. The van der Waals surface area contributed by atoms with Gasteiger partial charge in [0.25, 0.3) is 0 Å². The molecule has 0 atom stereocenters. The third kappa shape index (κ3) is 6.34. The highest BCUT2D eigenvalue weighted by atomic mass is 28.3. The van der Waals surface area contributed by atoms with Crippen molar-refractivity contribution in [2.24, 2.45) is 0 Å². The zero-order chi connectivity index (χ0) is 46.5. The van der Waals surface area contributed by atoms with Gasteiger partial charge in [0, 0.05) is 40.1 Å². The molecular formula is C64H46N4Si2. The number of nitrogens with zero attached hydrogens (tertiary/aromatic N) is 4. The normalized spacial score (nSPS) is 12.9.